The van der Waals surface area contributed by atoms with E-state index in [9.17, 15) is 0 Å². The molecule has 0 atom stereocenters. The van der Waals surface area contributed by atoms with E-state index in [1.54, 1.807) is 19.5 Å². The second kappa shape index (κ2) is 7.15. The Balaban J connectivity index is 1.97. The van der Waals surface area contributed by atoms with Gasteiger partial charge in [-0.15, -0.1) is 0 Å². The standard InChI is InChI=1S/C22H17N3O/c1-26-19-8-6-16(7-9-19)20-10-13-25-22(18-5-3-12-24-15-18)21(20)17-4-2-11-23-14-17/h2-15H,1H3. The van der Waals surface area contributed by atoms with Gasteiger partial charge < -0.3 is 4.74 Å². The molecule has 4 aromatic rings. The van der Waals surface area contributed by atoms with E-state index in [-0.39, 0.29) is 0 Å². The average molecular weight is 339 g/mol. The molecule has 0 bridgehead atoms. The number of benzene rings is 1. The molecule has 0 saturated heterocycles. The quantitative estimate of drug-likeness (QED) is 0.531. The number of rotatable bonds is 4. The molecule has 0 saturated carbocycles. The van der Waals surface area contributed by atoms with Gasteiger partial charge in [-0.3, -0.25) is 15.0 Å². The van der Waals surface area contributed by atoms with Gasteiger partial charge in [-0.1, -0.05) is 18.2 Å². The highest BCUT2D eigenvalue weighted by molar-refractivity contribution is 5.92. The third-order valence-electron chi connectivity index (χ3n) is 4.24. The zero-order valence-electron chi connectivity index (χ0n) is 14.3. The molecule has 0 aliphatic rings. The van der Waals surface area contributed by atoms with Crippen LogP contribution in [0.2, 0.25) is 0 Å². The largest absolute Gasteiger partial charge is 0.497 e. The summed E-state index contributed by atoms with van der Waals surface area (Å²) in [6.45, 7) is 0. The van der Waals surface area contributed by atoms with Gasteiger partial charge in [0.05, 0.1) is 12.8 Å². The van der Waals surface area contributed by atoms with Crippen molar-refractivity contribution in [3.05, 3.63) is 85.6 Å². The normalized spacial score (nSPS) is 10.5. The maximum Gasteiger partial charge on any atom is 0.118 e. The Kier molecular flexibility index (Phi) is 4.39. The van der Waals surface area contributed by atoms with E-state index in [4.69, 9.17) is 4.74 Å². The first-order valence-corrected chi connectivity index (χ1v) is 8.31. The Morgan fingerprint density at radius 1 is 0.692 bits per heavy atom. The van der Waals surface area contributed by atoms with E-state index in [1.165, 1.54) is 0 Å². The number of methoxy groups -OCH3 is 1. The number of ether oxygens (including phenoxy) is 1. The molecule has 26 heavy (non-hydrogen) atoms. The maximum atomic E-state index is 5.28. The lowest BCUT2D eigenvalue weighted by Gasteiger charge is -2.15. The summed E-state index contributed by atoms with van der Waals surface area (Å²) in [5.74, 6) is 0.832. The van der Waals surface area contributed by atoms with Crippen LogP contribution >= 0.6 is 0 Å². The summed E-state index contributed by atoms with van der Waals surface area (Å²) in [4.78, 5) is 13.2. The van der Waals surface area contributed by atoms with Crippen LogP contribution in [0.4, 0.5) is 0 Å². The Morgan fingerprint density at radius 2 is 1.38 bits per heavy atom. The minimum atomic E-state index is 0.832. The van der Waals surface area contributed by atoms with Crippen molar-refractivity contribution in [2.75, 3.05) is 7.11 Å². The lowest BCUT2D eigenvalue weighted by atomic mass is 9.92. The van der Waals surface area contributed by atoms with Crippen molar-refractivity contribution < 1.29 is 4.74 Å². The number of hydrogen-bond donors (Lipinski definition) is 0. The van der Waals surface area contributed by atoms with Crippen molar-refractivity contribution in [1.82, 2.24) is 15.0 Å². The summed E-state index contributed by atoms with van der Waals surface area (Å²) in [7, 11) is 1.67. The molecule has 4 heteroatoms. The van der Waals surface area contributed by atoms with Crippen molar-refractivity contribution >= 4 is 0 Å². The van der Waals surface area contributed by atoms with Crippen molar-refractivity contribution in [3.63, 3.8) is 0 Å². The predicted octanol–water partition coefficient (Wildman–Crippen LogP) is 4.88. The van der Waals surface area contributed by atoms with Gasteiger partial charge in [0.1, 0.15) is 5.75 Å². The summed E-state index contributed by atoms with van der Waals surface area (Å²) < 4.78 is 5.28. The second-order valence-electron chi connectivity index (χ2n) is 5.79. The SMILES string of the molecule is COc1ccc(-c2ccnc(-c3cccnc3)c2-c2cccnc2)cc1. The molecule has 4 nitrogen and oxygen atoms in total. The fourth-order valence-electron chi connectivity index (χ4n) is 3.00. The van der Waals surface area contributed by atoms with E-state index in [0.717, 1.165) is 39.3 Å². The molecule has 0 amide bonds. The third kappa shape index (κ3) is 3.05. The molecule has 3 aromatic heterocycles. The number of aromatic nitrogens is 3. The van der Waals surface area contributed by atoms with Crippen LogP contribution in [-0.4, -0.2) is 22.1 Å². The first-order valence-electron chi connectivity index (χ1n) is 8.31. The van der Waals surface area contributed by atoms with Crippen molar-refractivity contribution in [2.45, 2.75) is 0 Å². The van der Waals surface area contributed by atoms with E-state index < -0.39 is 0 Å². The minimum absolute atomic E-state index is 0.832. The van der Waals surface area contributed by atoms with Gasteiger partial charge in [0.15, 0.2) is 0 Å². The highest BCUT2D eigenvalue weighted by Gasteiger charge is 2.15. The molecule has 0 aliphatic heterocycles. The molecule has 0 spiro atoms. The summed E-state index contributed by atoms with van der Waals surface area (Å²) in [5, 5.41) is 0. The predicted molar refractivity (Wildman–Crippen MR) is 103 cm³/mol. The van der Waals surface area contributed by atoms with E-state index in [1.807, 2.05) is 55.0 Å². The topological polar surface area (TPSA) is 47.9 Å². The van der Waals surface area contributed by atoms with Gasteiger partial charge in [-0.25, -0.2) is 0 Å². The van der Waals surface area contributed by atoms with Gasteiger partial charge in [0, 0.05) is 47.7 Å². The van der Waals surface area contributed by atoms with Crippen LogP contribution in [0.3, 0.4) is 0 Å². The molecule has 4 rings (SSSR count). The Bertz CT molecular complexity index is 1000. The first-order chi connectivity index (χ1) is 12.9. The molecule has 126 valence electrons. The van der Waals surface area contributed by atoms with E-state index >= 15 is 0 Å². The number of hydrogen-bond acceptors (Lipinski definition) is 4. The fraction of sp³-hybridized carbons (Fsp3) is 0.0455. The molecule has 3 heterocycles. The number of nitrogens with zero attached hydrogens (tertiary/aromatic N) is 3. The van der Waals surface area contributed by atoms with Crippen molar-refractivity contribution in [3.8, 4) is 39.3 Å². The summed E-state index contributed by atoms with van der Waals surface area (Å²) >= 11 is 0. The van der Waals surface area contributed by atoms with Crippen LogP contribution in [0.25, 0.3) is 33.5 Å². The summed E-state index contributed by atoms with van der Waals surface area (Å²) in [6, 6.07) is 18.0. The first kappa shape index (κ1) is 16.0. The minimum Gasteiger partial charge on any atom is -0.497 e. The van der Waals surface area contributed by atoms with Gasteiger partial charge in [0.2, 0.25) is 0 Å². The van der Waals surface area contributed by atoms with Crippen LogP contribution < -0.4 is 4.74 Å². The molecule has 0 radical (unpaired) electrons. The molecule has 0 N–H and O–H groups in total. The lowest BCUT2D eigenvalue weighted by molar-refractivity contribution is 0.415. The van der Waals surface area contributed by atoms with E-state index in [0.29, 0.717) is 0 Å². The highest BCUT2D eigenvalue weighted by Crippen LogP contribution is 2.38. The molecule has 0 fully saturated rings. The van der Waals surface area contributed by atoms with E-state index in [2.05, 4.69) is 33.2 Å². The summed E-state index contributed by atoms with van der Waals surface area (Å²) in [5.41, 5.74) is 6.11. The van der Waals surface area contributed by atoms with Gasteiger partial charge >= 0.3 is 0 Å². The maximum absolute atomic E-state index is 5.28. The molecule has 1 aromatic carbocycles. The van der Waals surface area contributed by atoms with Crippen LogP contribution in [0.5, 0.6) is 5.75 Å². The van der Waals surface area contributed by atoms with Gasteiger partial charge in [0.25, 0.3) is 0 Å². The van der Waals surface area contributed by atoms with Gasteiger partial charge in [-0.05, 0) is 47.5 Å². The Hall–Kier alpha value is -3.53. The van der Waals surface area contributed by atoms with Gasteiger partial charge in [-0.2, -0.15) is 0 Å². The smallest absolute Gasteiger partial charge is 0.118 e. The van der Waals surface area contributed by atoms with Crippen molar-refractivity contribution in [1.29, 1.82) is 0 Å². The highest BCUT2D eigenvalue weighted by atomic mass is 16.5. The fourth-order valence-corrected chi connectivity index (χ4v) is 3.00. The van der Waals surface area contributed by atoms with Crippen LogP contribution in [-0.2, 0) is 0 Å². The second-order valence-corrected chi connectivity index (χ2v) is 5.79. The molecular formula is C22H17N3O. The third-order valence-corrected chi connectivity index (χ3v) is 4.24. The summed E-state index contributed by atoms with van der Waals surface area (Å²) in [6.07, 6.45) is 9.07. The average Bonchev–Trinajstić information content (AvgIpc) is 2.74. The molecule has 0 unspecified atom stereocenters. The van der Waals surface area contributed by atoms with Crippen molar-refractivity contribution in [2.24, 2.45) is 0 Å². The van der Waals surface area contributed by atoms with Crippen LogP contribution in [0.1, 0.15) is 0 Å². The van der Waals surface area contributed by atoms with Crippen LogP contribution in [0, 0.1) is 0 Å². The Labute approximate surface area is 152 Å². The zero-order chi connectivity index (χ0) is 17.8. The molecular weight excluding hydrogens is 322 g/mol. The van der Waals surface area contributed by atoms with Crippen LogP contribution in [0.15, 0.2) is 85.6 Å². The monoisotopic (exact) mass is 339 g/mol. The molecule has 0 aliphatic carbocycles. The lowest BCUT2D eigenvalue weighted by Crippen LogP contribution is -1.94. The zero-order valence-corrected chi connectivity index (χ0v) is 14.3. The Morgan fingerprint density at radius 3 is 2.00 bits per heavy atom. The number of pyridine rings is 3.